The molecule has 1 aliphatic heterocycles. The molecule has 1 N–H and O–H groups in total. The fourth-order valence-electron chi connectivity index (χ4n) is 4.05. The minimum atomic E-state index is -1.18. The summed E-state index contributed by atoms with van der Waals surface area (Å²) < 4.78 is 6.88. The Morgan fingerprint density at radius 2 is 2.03 bits per heavy atom. The summed E-state index contributed by atoms with van der Waals surface area (Å²) in [5.41, 5.74) is 2.00. The molecule has 0 aliphatic carbocycles. The van der Waals surface area contributed by atoms with Gasteiger partial charge in [0, 0.05) is 37.5 Å². The van der Waals surface area contributed by atoms with E-state index in [0.29, 0.717) is 30.3 Å². The minimum Gasteiger partial charge on any atom is -0.478 e. The Balaban J connectivity index is 1.79. The SMILES string of the molecule is CC(=O)OC1CCCCN1c1nc2cc(C=Cc3nc(C(C)C)cs3)ccn2c(=O)c1C=CC(=O)O. The van der Waals surface area contributed by atoms with Crippen molar-refractivity contribution in [3.05, 3.63) is 62.0 Å². The number of hydrogen-bond acceptors (Lipinski definition) is 8. The second-order valence-corrected chi connectivity index (χ2v) is 9.76. The molecule has 1 atom stereocenters. The van der Waals surface area contributed by atoms with Crippen molar-refractivity contribution in [2.75, 3.05) is 11.4 Å². The molecule has 36 heavy (non-hydrogen) atoms. The van der Waals surface area contributed by atoms with Gasteiger partial charge in [0.2, 0.25) is 0 Å². The van der Waals surface area contributed by atoms with Crippen LogP contribution in [0.1, 0.15) is 67.8 Å². The van der Waals surface area contributed by atoms with E-state index in [1.165, 1.54) is 17.4 Å². The first-order chi connectivity index (χ1) is 17.2. The van der Waals surface area contributed by atoms with E-state index in [9.17, 15) is 14.4 Å². The quantitative estimate of drug-likeness (QED) is 0.368. The number of thiazole rings is 1. The van der Waals surface area contributed by atoms with Gasteiger partial charge in [-0.15, -0.1) is 11.3 Å². The van der Waals surface area contributed by atoms with Gasteiger partial charge < -0.3 is 14.7 Å². The third kappa shape index (κ3) is 5.71. The molecule has 1 unspecified atom stereocenters. The molecule has 1 saturated heterocycles. The summed E-state index contributed by atoms with van der Waals surface area (Å²) in [6, 6.07) is 3.57. The largest absolute Gasteiger partial charge is 0.478 e. The van der Waals surface area contributed by atoms with Crippen molar-refractivity contribution >= 4 is 53.0 Å². The molecular formula is C26H28N4O5S. The van der Waals surface area contributed by atoms with Crippen molar-refractivity contribution in [3.63, 3.8) is 0 Å². The summed E-state index contributed by atoms with van der Waals surface area (Å²) >= 11 is 1.57. The maximum Gasteiger partial charge on any atom is 0.328 e. The van der Waals surface area contributed by atoms with E-state index in [0.717, 1.165) is 35.2 Å². The average Bonchev–Trinajstić information content (AvgIpc) is 3.31. The van der Waals surface area contributed by atoms with Gasteiger partial charge in [-0.25, -0.2) is 14.8 Å². The van der Waals surface area contributed by atoms with Crippen molar-refractivity contribution in [1.29, 1.82) is 0 Å². The number of esters is 1. The van der Waals surface area contributed by atoms with Crippen molar-refractivity contribution in [2.45, 2.75) is 52.2 Å². The van der Waals surface area contributed by atoms with Gasteiger partial charge >= 0.3 is 11.9 Å². The number of carbonyl (C=O) groups is 2. The van der Waals surface area contributed by atoms with Gasteiger partial charge in [-0.3, -0.25) is 14.0 Å². The predicted molar refractivity (Wildman–Crippen MR) is 140 cm³/mol. The molecular weight excluding hydrogens is 480 g/mol. The smallest absolute Gasteiger partial charge is 0.328 e. The monoisotopic (exact) mass is 508 g/mol. The molecule has 0 amide bonds. The lowest BCUT2D eigenvalue weighted by molar-refractivity contribution is -0.147. The highest BCUT2D eigenvalue weighted by Crippen LogP contribution is 2.27. The molecule has 3 aromatic heterocycles. The maximum atomic E-state index is 13.4. The molecule has 9 nitrogen and oxygen atoms in total. The number of nitrogens with zero attached hydrogens (tertiary/aromatic N) is 4. The Morgan fingerprint density at radius 1 is 1.22 bits per heavy atom. The van der Waals surface area contributed by atoms with Crippen LogP contribution in [0.3, 0.4) is 0 Å². The van der Waals surface area contributed by atoms with Gasteiger partial charge in [-0.2, -0.15) is 0 Å². The molecule has 188 valence electrons. The van der Waals surface area contributed by atoms with Crippen LogP contribution in [0.5, 0.6) is 0 Å². The average molecular weight is 509 g/mol. The number of hydrogen-bond donors (Lipinski definition) is 1. The summed E-state index contributed by atoms with van der Waals surface area (Å²) in [4.78, 5) is 47.5. The van der Waals surface area contributed by atoms with E-state index in [4.69, 9.17) is 14.8 Å². The van der Waals surface area contributed by atoms with Crippen molar-refractivity contribution in [3.8, 4) is 0 Å². The Kier molecular flexibility index (Phi) is 7.64. The van der Waals surface area contributed by atoms with Crippen LogP contribution in [0.25, 0.3) is 23.9 Å². The van der Waals surface area contributed by atoms with Crippen LogP contribution in [0.2, 0.25) is 0 Å². The van der Waals surface area contributed by atoms with Gasteiger partial charge in [0.25, 0.3) is 5.56 Å². The lowest BCUT2D eigenvalue weighted by Crippen LogP contribution is -2.44. The number of carboxylic acids is 1. The van der Waals surface area contributed by atoms with E-state index in [2.05, 4.69) is 18.8 Å². The summed E-state index contributed by atoms with van der Waals surface area (Å²) in [6.07, 6.45) is 9.33. The topological polar surface area (TPSA) is 114 Å². The van der Waals surface area contributed by atoms with E-state index in [1.807, 2.05) is 17.5 Å². The molecule has 0 aromatic carbocycles. The van der Waals surface area contributed by atoms with Gasteiger partial charge in [-0.05, 0) is 48.6 Å². The summed E-state index contributed by atoms with van der Waals surface area (Å²) in [6.45, 7) is 6.06. The fraction of sp³-hybridized carbons (Fsp3) is 0.346. The predicted octanol–water partition coefficient (Wildman–Crippen LogP) is 4.42. The molecule has 1 aliphatic rings. The Morgan fingerprint density at radius 3 is 2.72 bits per heavy atom. The number of pyridine rings is 1. The number of ether oxygens (including phenoxy) is 1. The normalized spacial score (nSPS) is 16.4. The molecule has 0 radical (unpaired) electrons. The van der Waals surface area contributed by atoms with Crippen LogP contribution >= 0.6 is 11.3 Å². The zero-order valence-electron chi connectivity index (χ0n) is 20.4. The highest BCUT2D eigenvalue weighted by Gasteiger charge is 2.29. The first-order valence-corrected chi connectivity index (χ1v) is 12.7. The van der Waals surface area contributed by atoms with E-state index in [1.54, 1.807) is 34.6 Å². The first-order valence-electron chi connectivity index (χ1n) is 11.8. The standard InChI is InChI=1S/C26H28N4O5S/c1-16(2)20-15-36-22(27-20)9-7-18-11-13-29-21(14-18)28-25(19(26(29)34)8-10-24(32)33)30-12-5-4-6-23(30)35-17(3)31/h7-11,13-16,23H,4-6,12H2,1-3H3,(H,32,33). The highest BCUT2D eigenvalue weighted by molar-refractivity contribution is 7.10. The van der Waals surface area contributed by atoms with Gasteiger partial charge in [0.15, 0.2) is 6.23 Å². The fourth-order valence-corrected chi connectivity index (χ4v) is 4.92. The van der Waals surface area contributed by atoms with Crippen molar-refractivity contribution in [1.82, 2.24) is 14.4 Å². The number of aliphatic carboxylic acids is 1. The molecule has 10 heteroatoms. The molecule has 1 fully saturated rings. The zero-order valence-corrected chi connectivity index (χ0v) is 21.2. The van der Waals surface area contributed by atoms with Crippen LogP contribution in [-0.2, 0) is 14.3 Å². The molecule has 0 bridgehead atoms. The first kappa shape index (κ1) is 25.3. The Hall–Kier alpha value is -3.79. The maximum absolute atomic E-state index is 13.4. The van der Waals surface area contributed by atoms with Crippen molar-refractivity contribution < 1.29 is 19.4 Å². The molecule has 4 heterocycles. The summed E-state index contributed by atoms with van der Waals surface area (Å²) in [7, 11) is 0. The number of carboxylic acid groups (broad SMARTS) is 1. The summed E-state index contributed by atoms with van der Waals surface area (Å²) in [5, 5.41) is 12.1. The number of rotatable bonds is 7. The van der Waals surface area contributed by atoms with Gasteiger partial charge in [-0.1, -0.05) is 19.9 Å². The Labute approximate surface area is 212 Å². The highest BCUT2D eigenvalue weighted by atomic mass is 32.1. The minimum absolute atomic E-state index is 0.126. The van der Waals surface area contributed by atoms with Crippen LogP contribution < -0.4 is 10.5 Å². The van der Waals surface area contributed by atoms with Crippen molar-refractivity contribution in [2.24, 2.45) is 0 Å². The van der Waals surface area contributed by atoms with Gasteiger partial charge in [0.1, 0.15) is 16.5 Å². The van der Waals surface area contributed by atoms with E-state index in [-0.39, 0.29) is 5.56 Å². The van der Waals surface area contributed by atoms with E-state index >= 15 is 0 Å². The molecule has 3 aromatic rings. The number of aromatic nitrogens is 3. The second-order valence-electron chi connectivity index (χ2n) is 8.87. The lowest BCUT2D eigenvalue weighted by Gasteiger charge is -2.36. The number of anilines is 1. The number of carbonyl (C=O) groups excluding carboxylic acids is 1. The third-order valence-electron chi connectivity index (χ3n) is 5.83. The zero-order chi connectivity index (χ0) is 25.8. The lowest BCUT2D eigenvalue weighted by atomic mass is 10.1. The molecule has 0 spiro atoms. The van der Waals surface area contributed by atoms with Crippen LogP contribution in [0.4, 0.5) is 5.82 Å². The Bertz CT molecular complexity index is 1410. The molecule has 4 rings (SSSR count). The van der Waals surface area contributed by atoms with Crippen LogP contribution in [0, 0.1) is 0 Å². The number of fused-ring (bicyclic) bond motifs is 1. The number of piperidine rings is 1. The van der Waals surface area contributed by atoms with E-state index < -0.39 is 23.7 Å². The molecule has 0 saturated carbocycles. The second kappa shape index (κ2) is 10.9. The third-order valence-corrected chi connectivity index (χ3v) is 6.66. The summed E-state index contributed by atoms with van der Waals surface area (Å²) in [5.74, 6) is -0.953. The van der Waals surface area contributed by atoms with Gasteiger partial charge in [0.05, 0.1) is 11.3 Å². The van der Waals surface area contributed by atoms with Crippen LogP contribution in [-0.4, -0.2) is 44.2 Å². The van der Waals surface area contributed by atoms with Crippen LogP contribution in [0.15, 0.2) is 34.6 Å².